The zero-order valence-corrected chi connectivity index (χ0v) is 15.3. The Morgan fingerprint density at radius 3 is 2.52 bits per heavy atom. The number of aromatic nitrogens is 1. The average molecular weight is 337 g/mol. The fraction of sp³-hybridized carbons (Fsp3) is 0.381. The Morgan fingerprint density at radius 2 is 1.92 bits per heavy atom. The number of benzene rings is 1. The molecule has 1 saturated heterocycles. The van der Waals surface area contributed by atoms with Crippen molar-refractivity contribution >= 4 is 11.9 Å². The summed E-state index contributed by atoms with van der Waals surface area (Å²) >= 11 is 0. The lowest BCUT2D eigenvalue weighted by atomic mass is 9.93. The summed E-state index contributed by atoms with van der Waals surface area (Å²) in [5.41, 5.74) is 3.62. The Labute approximate surface area is 150 Å². The number of pyridine rings is 1. The molecule has 2 heterocycles. The maximum Gasteiger partial charge on any atom is 0.125 e. The number of hydrogen-bond acceptors (Lipinski definition) is 4. The van der Waals surface area contributed by atoms with E-state index in [1.165, 1.54) is 11.1 Å². The Bertz CT molecular complexity index is 703. The summed E-state index contributed by atoms with van der Waals surface area (Å²) in [4.78, 5) is 7.03. The highest BCUT2D eigenvalue weighted by Gasteiger charge is 2.31. The van der Waals surface area contributed by atoms with Crippen LogP contribution in [0.1, 0.15) is 36.6 Å². The van der Waals surface area contributed by atoms with Gasteiger partial charge in [-0.2, -0.15) is 0 Å². The molecule has 1 aliphatic heterocycles. The molecule has 0 saturated carbocycles. The molecule has 1 aliphatic rings. The summed E-state index contributed by atoms with van der Waals surface area (Å²) in [7, 11) is 1.89. The van der Waals surface area contributed by atoms with Crippen LogP contribution in [0.5, 0.6) is 0 Å². The molecule has 1 aromatic carbocycles. The highest BCUT2D eigenvalue weighted by atomic mass is 16.5. The Morgan fingerprint density at radius 1 is 1.20 bits per heavy atom. The van der Waals surface area contributed by atoms with Crippen LogP contribution in [-0.2, 0) is 4.74 Å². The summed E-state index contributed by atoms with van der Waals surface area (Å²) in [6.45, 7) is 10.1. The second-order valence-electron chi connectivity index (χ2n) is 6.67. The molecule has 3 atom stereocenters. The third kappa shape index (κ3) is 3.91. The van der Waals surface area contributed by atoms with E-state index in [4.69, 9.17) is 4.74 Å². The van der Waals surface area contributed by atoms with Crippen molar-refractivity contribution in [3.63, 3.8) is 0 Å². The standard InChI is InChI=1S/C21H27N3O/c1-5-17-8-6-7-9-19(17)21(18-10-11-20(22-4)23-12-18)24-13-15(2)25-16(3)14-24/h5-12,15-16,21H,1,13-14H2,2-4H3,(H,22,23). The van der Waals surface area contributed by atoms with E-state index in [0.29, 0.717) is 0 Å². The third-order valence-electron chi connectivity index (χ3n) is 4.68. The molecule has 1 aromatic heterocycles. The van der Waals surface area contributed by atoms with Crippen LogP contribution in [0.25, 0.3) is 6.08 Å². The number of anilines is 1. The number of hydrogen-bond donors (Lipinski definition) is 1. The Kier molecular flexibility index (Phi) is 5.51. The summed E-state index contributed by atoms with van der Waals surface area (Å²) in [5.74, 6) is 0.878. The van der Waals surface area contributed by atoms with Gasteiger partial charge in [0.1, 0.15) is 5.82 Å². The molecule has 1 fully saturated rings. The van der Waals surface area contributed by atoms with Crippen LogP contribution in [0.3, 0.4) is 0 Å². The molecule has 1 N–H and O–H groups in total. The van der Waals surface area contributed by atoms with E-state index >= 15 is 0 Å². The van der Waals surface area contributed by atoms with Gasteiger partial charge in [0.2, 0.25) is 0 Å². The quantitative estimate of drug-likeness (QED) is 0.896. The van der Waals surface area contributed by atoms with Crippen LogP contribution in [0.15, 0.2) is 49.2 Å². The topological polar surface area (TPSA) is 37.4 Å². The van der Waals surface area contributed by atoms with Crippen molar-refractivity contribution in [1.82, 2.24) is 9.88 Å². The number of morpholine rings is 1. The zero-order chi connectivity index (χ0) is 17.8. The van der Waals surface area contributed by atoms with E-state index in [1.807, 2.05) is 25.4 Å². The molecular formula is C21H27N3O. The van der Waals surface area contributed by atoms with Crippen LogP contribution in [-0.4, -0.2) is 42.2 Å². The summed E-state index contributed by atoms with van der Waals surface area (Å²) < 4.78 is 5.94. The molecule has 0 aliphatic carbocycles. The van der Waals surface area contributed by atoms with Crippen LogP contribution in [0.4, 0.5) is 5.82 Å². The van der Waals surface area contributed by atoms with Crippen LogP contribution >= 0.6 is 0 Å². The first-order valence-electron chi connectivity index (χ1n) is 8.87. The smallest absolute Gasteiger partial charge is 0.125 e. The zero-order valence-electron chi connectivity index (χ0n) is 15.3. The second kappa shape index (κ2) is 7.81. The van der Waals surface area contributed by atoms with Gasteiger partial charge in [0.25, 0.3) is 0 Å². The summed E-state index contributed by atoms with van der Waals surface area (Å²) in [6.07, 6.45) is 4.34. The first kappa shape index (κ1) is 17.6. The van der Waals surface area contributed by atoms with Gasteiger partial charge in [-0.3, -0.25) is 4.90 Å². The Hall–Kier alpha value is -2.17. The summed E-state index contributed by atoms with van der Waals surface area (Å²) in [6, 6.07) is 12.8. The normalized spacial score (nSPS) is 22.4. The molecule has 3 unspecified atom stereocenters. The van der Waals surface area contributed by atoms with Gasteiger partial charge in [-0.1, -0.05) is 43.0 Å². The molecule has 132 valence electrons. The molecule has 0 radical (unpaired) electrons. The van der Waals surface area contributed by atoms with E-state index in [-0.39, 0.29) is 18.2 Å². The molecule has 0 bridgehead atoms. The van der Waals surface area contributed by atoms with Crippen molar-refractivity contribution in [2.24, 2.45) is 0 Å². The predicted molar refractivity (Wildman–Crippen MR) is 104 cm³/mol. The van der Waals surface area contributed by atoms with Crippen molar-refractivity contribution in [2.75, 3.05) is 25.5 Å². The van der Waals surface area contributed by atoms with E-state index in [0.717, 1.165) is 24.5 Å². The van der Waals surface area contributed by atoms with Crippen molar-refractivity contribution in [1.29, 1.82) is 0 Å². The minimum atomic E-state index is 0.140. The minimum absolute atomic E-state index is 0.140. The van der Waals surface area contributed by atoms with E-state index < -0.39 is 0 Å². The monoisotopic (exact) mass is 337 g/mol. The van der Waals surface area contributed by atoms with Gasteiger partial charge in [-0.25, -0.2) is 4.98 Å². The first-order valence-corrected chi connectivity index (χ1v) is 8.87. The first-order chi connectivity index (χ1) is 12.1. The molecule has 2 aromatic rings. The number of rotatable bonds is 5. The highest BCUT2D eigenvalue weighted by molar-refractivity contribution is 5.54. The molecule has 25 heavy (non-hydrogen) atoms. The molecular weight excluding hydrogens is 310 g/mol. The number of nitrogens with zero attached hydrogens (tertiary/aromatic N) is 2. The lowest BCUT2D eigenvalue weighted by molar-refractivity contribution is -0.0766. The minimum Gasteiger partial charge on any atom is -0.373 e. The SMILES string of the molecule is C=Cc1ccccc1C(c1ccc(NC)nc1)N1CC(C)OC(C)C1. The average Bonchev–Trinajstić information content (AvgIpc) is 2.62. The molecule has 0 amide bonds. The Balaban J connectivity index is 2.05. The maximum atomic E-state index is 5.94. The van der Waals surface area contributed by atoms with Crippen molar-refractivity contribution < 1.29 is 4.74 Å². The van der Waals surface area contributed by atoms with Gasteiger partial charge in [-0.05, 0) is 36.6 Å². The summed E-state index contributed by atoms with van der Waals surface area (Å²) in [5, 5.41) is 3.09. The van der Waals surface area contributed by atoms with E-state index in [2.05, 4.69) is 66.0 Å². The highest BCUT2D eigenvalue weighted by Crippen LogP contribution is 2.33. The lowest BCUT2D eigenvalue weighted by Gasteiger charge is -2.41. The largest absolute Gasteiger partial charge is 0.373 e. The molecule has 0 spiro atoms. The molecule has 4 nitrogen and oxygen atoms in total. The van der Waals surface area contributed by atoms with Gasteiger partial charge in [0.15, 0.2) is 0 Å². The number of nitrogens with one attached hydrogen (secondary N) is 1. The molecule has 3 rings (SSSR count). The van der Waals surface area contributed by atoms with Crippen molar-refractivity contribution in [3.8, 4) is 0 Å². The fourth-order valence-corrected chi connectivity index (χ4v) is 3.68. The fourth-order valence-electron chi connectivity index (χ4n) is 3.68. The third-order valence-corrected chi connectivity index (χ3v) is 4.68. The number of ether oxygens (including phenoxy) is 1. The van der Waals surface area contributed by atoms with Gasteiger partial charge >= 0.3 is 0 Å². The van der Waals surface area contributed by atoms with Crippen LogP contribution < -0.4 is 5.32 Å². The van der Waals surface area contributed by atoms with Gasteiger partial charge in [0.05, 0.1) is 18.2 Å². The maximum absolute atomic E-state index is 5.94. The second-order valence-corrected chi connectivity index (χ2v) is 6.67. The predicted octanol–water partition coefficient (Wildman–Crippen LogP) is 3.96. The van der Waals surface area contributed by atoms with Crippen LogP contribution in [0.2, 0.25) is 0 Å². The van der Waals surface area contributed by atoms with Crippen molar-refractivity contribution in [3.05, 3.63) is 65.9 Å². The molecule has 4 heteroatoms. The van der Waals surface area contributed by atoms with Crippen LogP contribution in [0, 0.1) is 0 Å². The van der Waals surface area contributed by atoms with Crippen molar-refractivity contribution in [2.45, 2.75) is 32.1 Å². The van der Waals surface area contributed by atoms with Gasteiger partial charge in [0, 0.05) is 26.3 Å². The lowest BCUT2D eigenvalue weighted by Crippen LogP contribution is -2.47. The van der Waals surface area contributed by atoms with Gasteiger partial charge < -0.3 is 10.1 Å². The van der Waals surface area contributed by atoms with E-state index in [9.17, 15) is 0 Å². The van der Waals surface area contributed by atoms with E-state index in [1.54, 1.807) is 0 Å². The van der Waals surface area contributed by atoms with Gasteiger partial charge in [-0.15, -0.1) is 0 Å².